The van der Waals surface area contributed by atoms with Crippen LogP contribution in [0, 0.1) is 23.7 Å². The van der Waals surface area contributed by atoms with Gasteiger partial charge in [0, 0.05) is 98.7 Å². The van der Waals surface area contributed by atoms with E-state index in [9.17, 15) is 38.4 Å². The molecule has 107 heavy (non-hydrogen) atoms. The van der Waals surface area contributed by atoms with Crippen LogP contribution in [0.3, 0.4) is 0 Å². The zero-order chi connectivity index (χ0) is 76.3. The van der Waals surface area contributed by atoms with E-state index in [-0.39, 0.29) is 196 Å². The Morgan fingerprint density at radius 3 is 1.22 bits per heavy atom. The molecule has 0 spiro atoms. The summed E-state index contributed by atoms with van der Waals surface area (Å²) < 4.78 is 44.9. The van der Waals surface area contributed by atoms with Crippen LogP contribution in [0.25, 0.3) is 44.7 Å². The molecule has 0 amide bonds. The van der Waals surface area contributed by atoms with Gasteiger partial charge in [-0.2, -0.15) is 44.9 Å². The summed E-state index contributed by atoms with van der Waals surface area (Å²) in [6.45, 7) is 15.5. The van der Waals surface area contributed by atoms with E-state index in [4.69, 9.17) is 130 Å². The molecule has 8 aromatic rings. The second-order valence-corrected chi connectivity index (χ2v) is 35.1. The maximum atomic E-state index is 11.0. The zero-order valence-electron chi connectivity index (χ0n) is 56.7. The minimum atomic E-state index is -0.411. The molecule has 0 fully saturated rings. The Labute approximate surface area is 694 Å². The Morgan fingerprint density at radius 2 is 0.804 bits per heavy atom. The molecule has 0 aliphatic rings. The van der Waals surface area contributed by atoms with E-state index in [0.29, 0.717) is 106 Å². The fraction of sp³-hybridized carbons (Fsp3) is 0.541. The number of nitrogen functional groups attached to an aromatic ring is 4. The molecule has 0 saturated carbocycles. The number of imidazole rings is 4. The van der Waals surface area contributed by atoms with Crippen molar-refractivity contribution in [2.24, 2.45) is 23.7 Å². The van der Waals surface area contributed by atoms with Crippen molar-refractivity contribution in [3.8, 4) is 0 Å². The molecule has 0 radical (unpaired) electrons. The molecule has 36 nitrogen and oxygen atoms in total. The van der Waals surface area contributed by atoms with Gasteiger partial charge >= 0.3 is 97.2 Å². The Morgan fingerprint density at radius 1 is 0.449 bits per heavy atom. The van der Waals surface area contributed by atoms with Crippen molar-refractivity contribution < 1.29 is 85.7 Å². The van der Waals surface area contributed by atoms with Gasteiger partial charge in [0.05, 0.1) is 65.4 Å². The van der Waals surface area contributed by atoms with Crippen LogP contribution >= 0.6 is 134 Å². The fourth-order valence-corrected chi connectivity index (χ4v) is 9.70. The summed E-state index contributed by atoms with van der Waals surface area (Å²) in [6, 6.07) is 0. The van der Waals surface area contributed by atoms with Crippen LogP contribution in [0.2, 0.25) is 31.3 Å². The second-order valence-electron chi connectivity index (χ2n) is 21.2. The molecule has 0 atom stereocenters. The molecule has 9 N–H and O–H groups in total. The second kappa shape index (κ2) is 55.1. The van der Waals surface area contributed by atoms with Crippen LogP contribution in [0.5, 0.6) is 0 Å². The molecule has 599 valence electrons. The molecule has 46 heteroatoms. The Bertz CT molecular complexity index is 4040. The molecule has 0 aromatic carbocycles. The van der Waals surface area contributed by atoms with Gasteiger partial charge in [0.2, 0.25) is 39.6 Å². The van der Waals surface area contributed by atoms with Gasteiger partial charge in [0.15, 0.2) is 38.0 Å². The van der Waals surface area contributed by atoms with E-state index in [1.165, 1.54) is 55.4 Å². The standard InChI is InChI=1S/2C14H17Cl2N5O4.C14H19N5O4.C10H18O4.C5H3Cl2N5.4CH4.3HI.V/c1-7(22)24-5-9(6-25-8(2)23)3-4-21-10-11(15)18-14(17)20-12(10)19-13(21)16;1-7(22)24-5-9(6-25-8(2)23)3-4-21-12-10(18-13(21)16)11(15)19-14(17)20-12;1-9(20)22-6-11(7-23-10(2)21)3-4-19-8-17-12-5-16-14(15)18-13(12)19;1-4-5-10(6-13-8(2)11)7-14-9(3)12;6-2-1-3(11-4(7)9-1)12-5(8)10-2;;;;;;;;/h9H,3-6H2,1-2H3,(H2,17,18,20);9H,3-6H2,1-2H3,(H2,17,19,20);5,8,11H,3-4,6-7H2,1-2H3,(H2,15,16,18);10H,4-7H2,1-3H3;(H3,8,9,10,11,12);4*1H4;3*1H;/q;;;;;;;;;;;;+2/p-2. The minimum absolute atomic E-state index is 0. The van der Waals surface area contributed by atoms with E-state index in [0.717, 1.165) is 12.8 Å². The number of ether oxygens (including phenoxy) is 8. The van der Waals surface area contributed by atoms with Crippen LogP contribution in [0.15, 0.2) is 12.5 Å². The fourth-order valence-electron chi connectivity index (χ4n) is 8.32. The van der Waals surface area contributed by atoms with E-state index < -0.39 is 23.9 Å². The number of fused-ring (bicyclic) bond motifs is 4. The number of aromatic amines is 1. The van der Waals surface area contributed by atoms with E-state index in [1.807, 2.05) is 11.5 Å². The molecule has 8 aromatic heterocycles. The maximum absolute atomic E-state index is 11.0. The average Bonchev–Trinajstić information content (AvgIpc) is 1.66. The number of nitrogens with two attached hydrogens (primary N) is 4. The van der Waals surface area contributed by atoms with Crippen LogP contribution in [0.4, 0.5) is 23.8 Å². The van der Waals surface area contributed by atoms with Gasteiger partial charge in [-0.3, -0.25) is 42.9 Å². The number of carbonyl (C=O) groups is 8. The zero-order valence-corrected chi connectivity index (χ0v) is 69.3. The van der Waals surface area contributed by atoms with Crippen LogP contribution in [0.1, 0.15) is 124 Å². The predicted octanol–water partition coefficient (Wildman–Crippen LogP) is 11.9. The summed E-state index contributed by atoms with van der Waals surface area (Å²) in [5.74, 6) is -3.13. The summed E-state index contributed by atoms with van der Waals surface area (Å²) in [5.41, 5.74) is 25.7. The number of nitrogens with one attached hydrogen (secondary N) is 1. The molecule has 8 heterocycles. The molecular weight excluding hydrogens is 1910 g/mol. The molecule has 8 rings (SSSR count). The van der Waals surface area contributed by atoms with E-state index in [1.54, 1.807) is 21.7 Å². The normalized spacial score (nSPS) is 10.2. The van der Waals surface area contributed by atoms with Crippen molar-refractivity contribution in [2.75, 3.05) is 75.8 Å². The van der Waals surface area contributed by atoms with Gasteiger partial charge in [0.25, 0.3) is 0 Å². The van der Waals surface area contributed by atoms with Crippen LogP contribution in [-0.2, 0) is 105 Å². The number of rotatable bonds is 27. The van der Waals surface area contributed by atoms with Gasteiger partial charge in [-0.25, -0.2) is 15.0 Å². The Kier molecular flexibility index (Phi) is 54.0. The topological polar surface area (TPSA) is 500 Å². The molecular formula is C61H91Cl6I3N20O16V. The third-order valence-electron chi connectivity index (χ3n) is 12.9. The first-order valence-electron chi connectivity index (χ1n) is 30.1. The van der Waals surface area contributed by atoms with E-state index in [2.05, 4.69) is 105 Å². The van der Waals surface area contributed by atoms with Crippen LogP contribution < -0.4 is 22.9 Å². The third-order valence-corrected chi connectivity index (χ3v) is 14.5. The third kappa shape index (κ3) is 40.3. The van der Waals surface area contributed by atoms with Crippen molar-refractivity contribution in [3.63, 3.8) is 0 Å². The number of hydrogen-bond acceptors (Lipinski definition) is 32. The number of halogens is 9. The first-order chi connectivity index (χ1) is 48.1. The number of anilines is 4. The number of aryl methyl sites for hydroxylation is 3. The molecule has 0 saturated heterocycles. The van der Waals surface area contributed by atoms with Crippen molar-refractivity contribution >= 4 is 250 Å². The number of esters is 8. The SMILES string of the molecule is C.C.C.C.CC(=O)OCC(CCn1c(Cl)nc2c(Cl)nc(N)nc21)COC(C)=O.CC(=O)OCC(CCn1c(Cl)nc2nc(N)nc(Cl)c21)COC(C)=O.CC(=O)OCC(CCn1cnc2cnc(N)nc21)COC(C)=O.CCCC(COC(C)=O)COC(C)=O.I.Nc1nc(Cl)c2[nH]c(Cl)nc2n1.[I][V][I]. The monoisotopic (exact) mass is 2000 g/mol. The first-order valence-corrected chi connectivity index (χ1v) is 41.4. The van der Waals surface area contributed by atoms with Crippen molar-refractivity contribution in [1.29, 1.82) is 0 Å². The van der Waals surface area contributed by atoms with Gasteiger partial charge < -0.3 is 74.9 Å². The molecule has 0 aliphatic carbocycles. The molecule has 0 unspecified atom stereocenters. The van der Waals surface area contributed by atoms with Gasteiger partial charge in [0.1, 0.15) is 22.1 Å². The summed E-state index contributed by atoms with van der Waals surface area (Å²) in [6.07, 6.45) is 6.68. The Hall–Kier alpha value is -6.33. The number of hydrogen-bond donors (Lipinski definition) is 5. The van der Waals surface area contributed by atoms with Gasteiger partial charge in [-0.1, -0.05) is 77.9 Å². The van der Waals surface area contributed by atoms with Gasteiger partial charge in [-0.05, 0) is 60.5 Å². The van der Waals surface area contributed by atoms with Crippen molar-refractivity contribution in [1.82, 2.24) is 78.5 Å². The molecule has 0 aliphatic heterocycles. The number of aromatic nitrogens is 16. The predicted molar refractivity (Wildman–Crippen MR) is 432 cm³/mol. The number of nitrogens with zero attached hydrogens (tertiary/aromatic N) is 15. The average molecular weight is 2000 g/mol. The summed E-state index contributed by atoms with van der Waals surface area (Å²) in [7, 11) is 0.628. The quantitative estimate of drug-likeness (QED) is 0.0105. The molecule has 0 bridgehead atoms. The van der Waals surface area contributed by atoms with Crippen LogP contribution in [-0.4, -0.2) is 179 Å². The van der Waals surface area contributed by atoms with Crippen molar-refractivity contribution in [3.05, 3.63) is 43.8 Å². The first kappa shape index (κ1) is 105. The van der Waals surface area contributed by atoms with Gasteiger partial charge in [-0.15, -0.1) is 24.0 Å². The Balaban J connectivity index is -0.00000126. The summed E-state index contributed by atoms with van der Waals surface area (Å²) in [4.78, 5) is 137. The summed E-state index contributed by atoms with van der Waals surface area (Å²) >= 11 is 40.4. The van der Waals surface area contributed by atoms with E-state index >= 15 is 0 Å². The number of carbonyl (C=O) groups excluding carboxylic acids is 8. The van der Waals surface area contributed by atoms with Crippen molar-refractivity contribution in [2.45, 2.75) is 144 Å². The summed E-state index contributed by atoms with van der Waals surface area (Å²) in [5, 5.41) is 1.03. The number of H-pyrrole nitrogens is 1.